The van der Waals surface area contributed by atoms with E-state index in [1.165, 1.54) is 25.7 Å². The number of unbranched alkanes of at least 4 members (excludes halogenated alkanes) is 13. The summed E-state index contributed by atoms with van der Waals surface area (Å²) in [5, 5.41) is 0. The molecule has 0 aliphatic rings. The molecule has 0 spiro atoms. The highest BCUT2D eigenvalue weighted by atomic mass is 31.2. The van der Waals surface area contributed by atoms with Crippen molar-refractivity contribution in [3.8, 4) is 0 Å². The third kappa shape index (κ3) is 36.3. The van der Waals surface area contributed by atoms with Crippen LogP contribution in [0.15, 0.2) is 72.9 Å². The molecule has 0 bridgehead atoms. The zero-order chi connectivity index (χ0) is 35.4. The van der Waals surface area contributed by atoms with E-state index in [0.717, 1.165) is 77.0 Å². The van der Waals surface area contributed by atoms with Crippen molar-refractivity contribution in [1.29, 1.82) is 0 Å². The van der Waals surface area contributed by atoms with E-state index in [1.54, 1.807) is 0 Å². The van der Waals surface area contributed by atoms with Crippen molar-refractivity contribution in [2.45, 2.75) is 148 Å². The number of rotatable bonds is 32. The molecule has 0 aromatic rings. The Labute approximate surface area is 291 Å². The highest BCUT2D eigenvalue weighted by Crippen LogP contribution is 2.35. The molecular weight excluding hydrogens is 627 g/mol. The van der Waals surface area contributed by atoms with E-state index >= 15 is 0 Å². The molecule has 0 aliphatic heterocycles. The van der Waals surface area contributed by atoms with Gasteiger partial charge in [0.05, 0.1) is 6.61 Å². The lowest BCUT2D eigenvalue weighted by atomic mass is 10.1. The maximum atomic E-state index is 12.3. The fraction of sp³-hybridized carbons (Fsp3) is 0.641. The van der Waals surface area contributed by atoms with Crippen LogP contribution in [0.3, 0.4) is 0 Å². The summed E-state index contributed by atoms with van der Waals surface area (Å²) in [7, 11) is -4.76. The number of hydrogen-bond acceptors (Lipinski definition) is 6. The van der Waals surface area contributed by atoms with Gasteiger partial charge in [-0.2, -0.15) is 0 Å². The number of allylic oxidation sites excluding steroid dienone is 12. The molecule has 0 rings (SSSR count). The Hall–Kier alpha value is -2.51. The van der Waals surface area contributed by atoms with Gasteiger partial charge >= 0.3 is 19.8 Å². The average Bonchev–Trinajstić information content (AvgIpc) is 3.05. The summed E-state index contributed by atoms with van der Waals surface area (Å²) in [5.41, 5.74) is 0. The molecule has 0 heterocycles. The van der Waals surface area contributed by atoms with Crippen LogP contribution in [-0.2, 0) is 28.2 Å². The van der Waals surface area contributed by atoms with E-state index in [2.05, 4.69) is 54.8 Å². The molecule has 48 heavy (non-hydrogen) atoms. The number of esters is 2. The molecule has 9 heteroatoms. The number of phosphoric ester groups is 1. The molecule has 0 aromatic heterocycles. The summed E-state index contributed by atoms with van der Waals surface area (Å²) in [6, 6.07) is 0. The molecule has 0 saturated heterocycles. The van der Waals surface area contributed by atoms with Crippen molar-refractivity contribution in [2.24, 2.45) is 0 Å². The van der Waals surface area contributed by atoms with Gasteiger partial charge in [-0.15, -0.1) is 0 Å². The summed E-state index contributed by atoms with van der Waals surface area (Å²) >= 11 is 0. The first-order valence-electron chi connectivity index (χ1n) is 18.3. The molecule has 0 amide bonds. The smallest absolute Gasteiger partial charge is 0.462 e. The summed E-state index contributed by atoms with van der Waals surface area (Å²) in [6.45, 7) is 3.46. The van der Waals surface area contributed by atoms with Gasteiger partial charge in [0.15, 0.2) is 6.10 Å². The van der Waals surface area contributed by atoms with Gasteiger partial charge in [-0.3, -0.25) is 14.1 Å². The standard InChI is InChI=1S/C39H65O8P/c1-3-5-7-9-11-13-15-17-19-21-23-25-27-29-31-33-38(40)45-35-37(36-46-48(42,43)44)47-39(41)34-32-30-28-26-24-22-20-18-16-14-12-10-8-6-4-2/h6,8,10-14,16-20,37H,3-5,7,9,15,21-36H2,1-2H3,(H2,42,43,44)/b8-6+,12-10+,13-11+,16-14+,19-17+,20-18+/t37-/m1/s1. The Bertz CT molecular complexity index is 1010. The Morgan fingerprint density at radius 2 is 1.08 bits per heavy atom. The van der Waals surface area contributed by atoms with Crippen LogP contribution >= 0.6 is 7.82 Å². The van der Waals surface area contributed by atoms with Crippen molar-refractivity contribution in [1.82, 2.24) is 0 Å². The second kappa shape index (κ2) is 34.4. The topological polar surface area (TPSA) is 119 Å². The fourth-order valence-electron chi connectivity index (χ4n) is 4.59. The van der Waals surface area contributed by atoms with Crippen LogP contribution in [0.2, 0.25) is 0 Å². The van der Waals surface area contributed by atoms with Gasteiger partial charge in [-0.25, -0.2) is 4.57 Å². The van der Waals surface area contributed by atoms with Crippen LogP contribution in [-0.4, -0.2) is 41.0 Å². The van der Waals surface area contributed by atoms with E-state index < -0.39 is 32.5 Å². The normalized spacial score (nSPS) is 13.3. The van der Waals surface area contributed by atoms with Gasteiger partial charge in [-0.1, -0.05) is 138 Å². The number of carbonyl (C=O) groups is 2. The summed E-state index contributed by atoms with van der Waals surface area (Å²) in [4.78, 5) is 42.7. The van der Waals surface area contributed by atoms with Gasteiger partial charge in [0.25, 0.3) is 0 Å². The molecule has 0 saturated carbocycles. The molecule has 2 N–H and O–H groups in total. The summed E-state index contributed by atoms with van der Waals surface area (Å²) in [6.07, 6.45) is 43.3. The molecule has 8 nitrogen and oxygen atoms in total. The van der Waals surface area contributed by atoms with Crippen molar-refractivity contribution < 1.29 is 37.9 Å². The quantitative estimate of drug-likeness (QED) is 0.0235. The minimum absolute atomic E-state index is 0.179. The molecule has 0 aliphatic carbocycles. The third-order valence-corrected chi connectivity index (χ3v) is 7.79. The summed E-state index contributed by atoms with van der Waals surface area (Å²) < 4.78 is 26.3. The second-order valence-electron chi connectivity index (χ2n) is 11.9. The molecule has 274 valence electrons. The van der Waals surface area contributed by atoms with Crippen LogP contribution in [0, 0.1) is 0 Å². The number of hydrogen-bond donors (Lipinski definition) is 2. The number of carbonyl (C=O) groups excluding carboxylic acids is 2. The number of phosphoric acid groups is 1. The van der Waals surface area contributed by atoms with Crippen LogP contribution in [0.5, 0.6) is 0 Å². The zero-order valence-corrected chi connectivity index (χ0v) is 30.7. The maximum absolute atomic E-state index is 12.3. The van der Waals surface area contributed by atoms with Gasteiger partial charge in [0.2, 0.25) is 0 Å². The Kier molecular flexibility index (Phi) is 32.6. The van der Waals surface area contributed by atoms with Gasteiger partial charge in [-0.05, 0) is 64.2 Å². The van der Waals surface area contributed by atoms with Crippen LogP contribution < -0.4 is 0 Å². The lowest BCUT2D eigenvalue weighted by Gasteiger charge is -2.18. The van der Waals surface area contributed by atoms with E-state index in [9.17, 15) is 14.2 Å². The molecule has 1 atom stereocenters. The maximum Gasteiger partial charge on any atom is 0.469 e. The van der Waals surface area contributed by atoms with Gasteiger partial charge in [0.1, 0.15) is 6.61 Å². The molecule has 0 aromatic carbocycles. The fourth-order valence-corrected chi connectivity index (χ4v) is 4.95. The largest absolute Gasteiger partial charge is 0.469 e. The lowest BCUT2D eigenvalue weighted by molar-refractivity contribution is -0.161. The first kappa shape index (κ1) is 45.5. The van der Waals surface area contributed by atoms with Gasteiger partial charge < -0.3 is 19.3 Å². The van der Waals surface area contributed by atoms with Crippen LogP contribution in [0.1, 0.15) is 142 Å². The minimum Gasteiger partial charge on any atom is -0.462 e. The Balaban J connectivity index is 4.07. The van der Waals surface area contributed by atoms with Crippen molar-refractivity contribution in [3.05, 3.63) is 72.9 Å². The van der Waals surface area contributed by atoms with E-state index in [-0.39, 0.29) is 19.4 Å². The SMILES string of the molecule is CC/C=C/C=C/C=C/C=C/CCCCCCCC(=O)O[C@H](COC(=O)CCCCCCC/C=C/C/C=C/CCCCC)COP(=O)(O)O. The van der Waals surface area contributed by atoms with Crippen molar-refractivity contribution in [3.63, 3.8) is 0 Å². The highest BCUT2D eigenvalue weighted by molar-refractivity contribution is 7.46. The molecule has 0 radical (unpaired) electrons. The van der Waals surface area contributed by atoms with Crippen LogP contribution in [0.4, 0.5) is 0 Å². The molecule has 0 fully saturated rings. The second-order valence-corrected chi connectivity index (χ2v) is 13.1. The Morgan fingerprint density at radius 1 is 0.583 bits per heavy atom. The minimum atomic E-state index is -4.76. The predicted molar refractivity (Wildman–Crippen MR) is 197 cm³/mol. The third-order valence-electron chi connectivity index (χ3n) is 7.30. The first-order valence-corrected chi connectivity index (χ1v) is 19.8. The Morgan fingerprint density at radius 3 is 1.67 bits per heavy atom. The average molecular weight is 693 g/mol. The lowest BCUT2D eigenvalue weighted by Crippen LogP contribution is -2.29. The number of ether oxygens (including phenoxy) is 2. The predicted octanol–water partition coefficient (Wildman–Crippen LogP) is 10.7. The van der Waals surface area contributed by atoms with Crippen molar-refractivity contribution in [2.75, 3.05) is 13.2 Å². The zero-order valence-electron chi connectivity index (χ0n) is 29.9. The monoisotopic (exact) mass is 692 g/mol. The van der Waals surface area contributed by atoms with Crippen LogP contribution in [0.25, 0.3) is 0 Å². The van der Waals surface area contributed by atoms with Gasteiger partial charge in [0, 0.05) is 12.8 Å². The van der Waals surface area contributed by atoms with E-state index in [0.29, 0.717) is 12.8 Å². The molecular formula is C39H65O8P. The first-order chi connectivity index (χ1) is 23.3. The van der Waals surface area contributed by atoms with E-state index in [4.69, 9.17) is 19.3 Å². The van der Waals surface area contributed by atoms with E-state index in [1.807, 2.05) is 36.5 Å². The highest BCUT2D eigenvalue weighted by Gasteiger charge is 2.22. The van der Waals surface area contributed by atoms with Crippen molar-refractivity contribution >= 4 is 19.8 Å². The summed E-state index contributed by atoms with van der Waals surface area (Å²) in [5.74, 6) is -0.937. The molecule has 0 unspecified atom stereocenters.